The Balaban J connectivity index is 1.89. The largest absolute Gasteiger partial charge is 0.465 e. The fourth-order valence-electron chi connectivity index (χ4n) is 5.34. The maximum Gasteiger partial charge on any atom is 0.355 e. The quantitative estimate of drug-likeness (QED) is 0.323. The van der Waals surface area contributed by atoms with Crippen LogP contribution < -0.4 is 9.80 Å². The van der Waals surface area contributed by atoms with Crippen LogP contribution in [0.15, 0.2) is 94.6 Å². The van der Waals surface area contributed by atoms with Gasteiger partial charge in [-0.2, -0.15) is 0 Å². The third-order valence-corrected chi connectivity index (χ3v) is 7.69. The SMILES string of the molecule is CCCCN1C(=O)[C@]2(O[C@@H](c3ccccc3)N(c3ccc(Br)cc3)C(C(=O)OC)=C2C(=O)OC)c2ccccc21. The van der Waals surface area contributed by atoms with Crippen LogP contribution in [0, 0.1) is 0 Å². The number of halogens is 1. The molecular weight excluding hydrogens is 576 g/mol. The molecule has 40 heavy (non-hydrogen) atoms. The predicted molar refractivity (Wildman–Crippen MR) is 153 cm³/mol. The lowest BCUT2D eigenvalue weighted by Gasteiger charge is -2.46. The predicted octanol–water partition coefficient (Wildman–Crippen LogP) is 5.63. The van der Waals surface area contributed by atoms with E-state index in [1.54, 1.807) is 34.1 Å². The number of carbonyl (C=O) groups is 3. The van der Waals surface area contributed by atoms with Gasteiger partial charge in [0, 0.05) is 27.8 Å². The molecule has 8 nitrogen and oxygen atoms in total. The van der Waals surface area contributed by atoms with E-state index < -0.39 is 29.7 Å². The van der Waals surface area contributed by atoms with Crippen LogP contribution >= 0.6 is 15.9 Å². The van der Waals surface area contributed by atoms with Crippen LogP contribution in [0.1, 0.15) is 37.1 Å². The second kappa shape index (κ2) is 11.3. The van der Waals surface area contributed by atoms with E-state index in [0.29, 0.717) is 29.0 Å². The number of nitrogens with zero attached hydrogens (tertiary/aromatic N) is 2. The molecule has 0 radical (unpaired) electrons. The van der Waals surface area contributed by atoms with E-state index in [0.717, 1.165) is 17.3 Å². The van der Waals surface area contributed by atoms with Crippen LogP contribution in [-0.4, -0.2) is 38.6 Å². The molecule has 0 aliphatic carbocycles. The molecule has 0 unspecified atom stereocenters. The van der Waals surface area contributed by atoms with E-state index in [-0.39, 0.29) is 11.3 Å². The highest BCUT2D eigenvalue weighted by Crippen LogP contribution is 2.55. The highest BCUT2D eigenvalue weighted by atomic mass is 79.9. The summed E-state index contributed by atoms with van der Waals surface area (Å²) in [6.45, 7) is 2.46. The molecule has 0 bridgehead atoms. The number of methoxy groups -OCH3 is 2. The number of unbranched alkanes of at least 4 members (excludes halogenated alkanes) is 1. The lowest BCUT2D eigenvalue weighted by Crippen LogP contribution is -2.55. The van der Waals surface area contributed by atoms with Crippen molar-refractivity contribution in [2.45, 2.75) is 31.6 Å². The standard InChI is InChI=1S/C31H29BrN2O6/c1-4-5-19-33-24-14-10-9-13-23(24)31(30(33)37)25(28(35)38-2)26(29(36)39-3)34(22-17-15-21(32)16-18-22)27(40-31)20-11-7-6-8-12-20/h6-18,27H,4-5,19H2,1-3H3/t27-,31-/m0/s1. The average molecular weight is 605 g/mol. The van der Waals surface area contributed by atoms with Crippen molar-refractivity contribution < 1.29 is 28.6 Å². The molecule has 206 valence electrons. The monoisotopic (exact) mass is 604 g/mol. The molecular formula is C31H29BrN2O6. The first kappa shape index (κ1) is 27.6. The van der Waals surface area contributed by atoms with Crippen molar-refractivity contribution in [2.24, 2.45) is 0 Å². The summed E-state index contributed by atoms with van der Waals surface area (Å²) in [6.07, 6.45) is 0.620. The molecule has 0 fully saturated rings. The molecule has 2 aliphatic heterocycles. The van der Waals surface area contributed by atoms with Gasteiger partial charge in [0.25, 0.3) is 5.91 Å². The summed E-state index contributed by atoms with van der Waals surface area (Å²) in [5.74, 6) is -2.13. The third kappa shape index (κ3) is 4.39. The first-order chi connectivity index (χ1) is 19.4. The van der Waals surface area contributed by atoms with Crippen molar-refractivity contribution in [1.82, 2.24) is 0 Å². The van der Waals surface area contributed by atoms with Gasteiger partial charge in [0.2, 0.25) is 5.60 Å². The normalized spacial score (nSPS) is 20.1. The fraction of sp³-hybridized carbons (Fsp3) is 0.258. The molecule has 5 rings (SSSR count). The maximum absolute atomic E-state index is 14.6. The van der Waals surface area contributed by atoms with Gasteiger partial charge in [-0.15, -0.1) is 0 Å². The minimum Gasteiger partial charge on any atom is -0.465 e. The van der Waals surface area contributed by atoms with Gasteiger partial charge in [-0.05, 0) is 36.8 Å². The van der Waals surface area contributed by atoms with Crippen LogP contribution in [-0.2, 0) is 34.2 Å². The van der Waals surface area contributed by atoms with Crippen molar-refractivity contribution in [2.75, 3.05) is 30.6 Å². The molecule has 0 aromatic heterocycles. The summed E-state index contributed by atoms with van der Waals surface area (Å²) in [4.78, 5) is 45.3. The Morgan fingerprint density at radius 2 is 1.57 bits per heavy atom. The van der Waals surface area contributed by atoms with Crippen LogP contribution in [0.5, 0.6) is 0 Å². The van der Waals surface area contributed by atoms with Crippen LogP contribution in [0.25, 0.3) is 0 Å². The van der Waals surface area contributed by atoms with Crippen molar-refractivity contribution in [3.05, 3.63) is 106 Å². The highest BCUT2D eigenvalue weighted by Gasteiger charge is 2.63. The average Bonchev–Trinajstić information content (AvgIpc) is 3.22. The Morgan fingerprint density at radius 1 is 0.925 bits per heavy atom. The molecule has 0 saturated heterocycles. The molecule has 1 amide bonds. The summed E-state index contributed by atoms with van der Waals surface area (Å²) < 4.78 is 18.2. The number of anilines is 2. The van der Waals surface area contributed by atoms with E-state index in [1.165, 1.54) is 14.2 Å². The van der Waals surface area contributed by atoms with E-state index in [4.69, 9.17) is 14.2 Å². The number of esters is 2. The molecule has 0 saturated carbocycles. The molecule has 2 atom stereocenters. The lowest BCUT2D eigenvalue weighted by atomic mass is 9.83. The summed E-state index contributed by atoms with van der Waals surface area (Å²) >= 11 is 3.46. The number of para-hydroxylation sites is 1. The second-order valence-electron chi connectivity index (χ2n) is 9.44. The molecule has 2 heterocycles. The van der Waals surface area contributed by atoms with E-state index >= 15 is 0 Å². The second-order valence-corrected chi connectivity index (χ2v) is 10.4. The number of amides is 1. The third-order valence-electron chi connectivity index (χ3n) is 7.17. The minimum atomic E-state index is -1.95. The smallest absolute Gasteiger partial charge is 0.355 e. The Hall–Kier alpha value is -3.95. The Bertz CT molecular complexity index is 1470. The summed E-state index contributed by atoms with van der Waals surface area (Å²) in [5, 5.41) is 0. The van der Waals surface area contributed by atoms with Gasteiger partial charge in [-0.1, -0.05) is 77.8 Å². The van der Waals surface area contributed by atoms with Crippen LogP contribution in [0.2, 0.25) is 0 Å². The van der Waals surface area contributed by atoms with Crippen molar-refractivity contribution >= 4 is 45.2 Å². The zero-order chi connectivity index (χ0) is 28.4. The van der Waals surface area contributed by atoms with Gasteiger partial charge >= 0.3 is 11.9 Å². The maximum atomic E-state index is 14.6. The number of fused-ring (bicyclic) bond motifs is 2. The molecule has 3 aromatic rings. The zero-order valence-corrected chi connectivity index (χ0v) is 24.0. The number of ether oxygens (including phenoxy) is 3. The molecule has 9 heteroatoms. The number of benzene rings is 3. The van der Waals surface area contributed by atoms with Gasteiger partial charge in [0.15, 0.2) is 6.23 Å². The van der Waals surface area contributed by atoms with Gasteiger partial charge < -0.3 is 24.0 Å². The van der Waals surface area contributed by atoms with Gasteiger partial charge in [0.05, 0.1) is 19.9 Å². The number of carbonyl (C=O) groups excluding carboxylic acids is 3. The Kier molecular flexibility index (Phi) is 7.78. The lowest BCUT2D eigenvalue weighted by molar-refractivity contribution is -0.159. The van der Waals surface area contributed by atoms with Crippen LogP contribution in [0.3, 0.4) is 0 Å². The molecule has 2 aliphatic rings. The first-order valence-electron chi connectivity index (χ1n) is 13.0. The van der Waals surface area contributed by atoms with E-state index in [1.807, 2.05) is 61.5 Å². The fourth-order valence-corrected chi connectivity index (χ4v) is 5.60. The zero-order valence-electron chi connectivity index (χ0n) is 22.4. The van der Waals surface area contributed by atoms with E-state index in [2.05, 4.69) is 15.9 Å². The van der Waals surface area contributed by atoms with Gasteiger partial charge in [0.1, 0.15) is 11.3 Å². The minimum absolute atomic E-state index is 0.128. The number of hydrogen-bond donors (Lipinski definition) is 0. The Morgan fingerprint density at radius 3 is 2.23 bits per heavy atom. The van der Waals surface area contributed by atoms with Crippen molar-refractivity contribution in [3.63, 3.8) is 0 Å². The van der Waals surface area contributed by atoms with Crippen LogP contribution in [0.4, 0.5) is 11.4 Å². The summed E-state index contributed by atoms with van der Waals surface area (Å²) in [5.41, 5.74) is 0.00552. The van der Waals surface area contributed by atoms with Crippen molar-refractivity contribution in [1.29, 1.82) is 0 Å². The van der Waals surface area contributed by atoms with E-state index in [9.17, 15) is 14.4 Å². The van der Waals surface area contributed by atoms with Crippen molar-refractivity contribution in [3.8, 4) is 0 Å². The Labute approximate surface area is 241 Å². The van der Waals surface area contributed by atoms with Gasteiger partial charge in [-0.3, -0.25) is 4.79 Å². The summed E-state index contributed by atoms with van der Waals surface area (Å²) in [6, 6.07) is 23.7. The van der Waals surface area contributed by atoms with Gasteiger partial charge in [-0.25, -0.2) is 9.59 Å². The topological polar surface area (TPSA) is 85.4 Å². The number of rotatable bonds is 7. The first-order valence-corrected chi connectivity index (χ1v) is 13.8. The molecule has 0 N–H and O–H groups in total. The molecule has 3 aromatic carbocycles. The highest BCUT2D eigenvalue weighted by molar-refractivity contribution is 9.10. The number of hydrogen-bond acceptors (Lipinski definition) is 7. The molecule has 1 spiro atoms. The summed E-state index contributed by atoms with van der Waals surface area (Å²) in [7, 11) is 2.45.